The van der Waals surface area contributed by atoms with Gasteiger partial charge in [0.15, 0.2) is 0 Å². The standard InChI is InChI=1S/C17H32N4O2/c1-14(17(23)20-10-4-2-3-5-11-20)21-12-6-7-15(13-21)16(22)19-9-8-18/h14-15H,2-13,18H2,1H3,(H,19,22). The van der Waals surface area contributed by atoms with E-state index in [-0.39, 0.29) is 23.8 Å². The zero-order valence-corrected chi connectivity index (χ0v) is 14.4. The summed E-state index contributed by atoms with van der Waals surface area (Å²) in [4.78, 5) is 29.1. The quantitative estimate of drug-likeness (QED) is 0.775. The van der Waals surface area contributed by atoms with Gasteiger partial charge in [0, 0.05) is 32.7 Å². The van der Waals surface area contributed by atoms with E-state index in [9.17, 15) is 9.59 Å². The maximum absolute atomic E-state index is 12.8. The molecule has 0 aliphatic carbocycles. The highest BCUT2D eigenvalue weighted by atomic mass is 16.2. The van der Waals surface area contributed by atoms with Gasteiger partial charge in [-0.15, -0.1) is 0 Å². The summed E-state index contributed by atoms with van der Waals surface area (Å²) in [6.07, 6.45) is 6.55. The summed E-state index contributed by atoms with van der Waals surface area (Å²) in [5.41, 5.74) is 5.44. The van der Waals surface area contributed by atoms with Gasteiger partial charge in [-0.2, -0.15) is 0 Å². The third-order valence-corrected chi connectivity index (χ3v) is 5.09. The molecule has 2 aliphatic rings. The van der Waals surface area contributed by atoms with E-state index in [1.54, 1.807) is 0 Å². The van der Waals surface area contributed by atoms with Crippen LogP contribution in [0.15, 0.2) is 0 Å². The number of piperidine rings is 1. The number of nitrogens with one attached hydrogen (secondary N) is 1. The van der Waals surface area contributed by atoms with Crippen molar-refractivity contribution < 1.29 is 9.59 Å². The maximum Gasteiger partial charge on any atom is 0.239 e. The van der Waals surface area contributed by atoms with Crippen LogP contribution in [-0.2, 0) is 9.59 Å². The van der Waals surface area contributed by atoms with Gasteiger partial charge < -0.3 is 16.0 Å². The molecule has 0 bridgehead atoms. The van der Waals surface area contributed by atoms with E-state index in [2.05, 4.69) is 10.2 Å². The van der Waals surface area contributed by atoms with Crippen LogP contribution in [0, 0.1) is 5.92 Å². The SMILES string of the molecule is CC(C(=O)N1CCCCCC1)N1CCCC(C(=O)NCCN)C1. The number of nitrogens with zero attached hydrogens (tertiary/aromatic N) is 2. The number of likely N-dealkylation sites (tertiary alicyclic amines) is 2. The van der Waals surface area contributed by atoms with E-state index < -0.39 is 0 Å². The van der Waals surface area contributed by atoms with Crippen molar-refractivity contribution in [1.82, 2.24) is 15.1 Å². The Morgan fingerprint density at radius 1 is 1.13 bits per heavy atom. The minimum absolute atomic E-state index is 0.0188. The first kappa shape index (κ1) is 18.2. The van der Waals surface area contributed by atoms with Gasteiger partial charge in [-0.25, -0.2) is 0 Å². The Hall–Kier alpha value is -1.14. The highest BCUT2D eigenvalue weighted by molar-refractivity contribution is 5.82. The zero-order valence-electron chi connectivity index (χ0n) is 14.4. The molecule has 0 saturated carbocycles. The zero-order chi connectivity index (χ0) is 16.7. The molecule has 132 valence electrons. The fourth-order valence-electron chi connectivity index (χ4n) is 3.62. The highest BCUT2D eigenvalue weighted by Crippen LogP contribution is 2.20. The largest absolute Gasteiger partial charge is 0.355 e. The Morgan fingerprint density at radius 2 is 1.83 bits per heavy atom. The Morgan fingerprint density at radius 3 is 2.48 bits per heavy atom. The predicted octanol–water partition coefficient (Wildman–Crippen LogP) is 0.564. The molecule has 6 nitrogen and oxygen atoms in total. The topological polar surface area (TPSA) is 78.7 Å². The van der Waals surface area contributed by atoms with E-state index in [0.29, 0.717) is 19.6 Å². The van der Waals surface area contributed by atoms with Gasteiger partial charge >= 0.3 is 0 Å². The lowest BCUT2D eigenvalue weighted by Gasteiger charge is -2.37. The molecule has 2 amide bonds. The second kappa shape index (κ2) is 9.23. The molecule has 0 spiro atoms. The van der Waals surface area contributed by atoms with E-state index in [4.69, 9.17) is 5.73 Å². The van der Waals surface area contributed by atoms with Gasteiger partial charge in [0.2, 0.25) is 11.8 Å². The fraction of sp³-hybridized carbons (Fsp3) is 0.882. The lowest BCUT2D eigenvalue weighted by molar-refractivity contribution is -0.138. The molecule has 2 unspecified atom stereocenters. The van der Waals surface area contributed by atoms with Gasteiger partial charge in [-0.05, 0) is 39.2 Å². The van der Waals surface area contributed by atoms with E-state index in [1.807, 2.05) is 11.8 Å². The Labute approximate surface area is 139 Å². The van der Waals surface area contributed by atoms with Crippen LogP contribution in [0.2, 0.25) is 0 Å². The van der Waals surface area contributed by atoms with Crippen LogP contribution in [0.4, 0.5) is 0 Å². The summed E-state index contributed by atoms with van der Waals surface area (Å²) in [6.45, 7) is 6.34. The average Bonchev–Trinajstić information content (AvgIpc) is 2.87. The molecule has 3 N–H and O–H groups in total. The van der Waals surface area contributed by atoms with Crippen molar-refractivity contribution in [3.05, 3.63) is 0 Å². The number of hydrogen-bond acceptors (Lipinski definition) is 4. The molecule has 2 atom stereocenters. The van der Waals surface area contributed by atoms with Gasteiger partial charge in [-0.3, -0.25) is 14.5 Å². The monoisotopic (exact) mass is 324 g/mol. The molecular formula is C17H32N4O2. The van der Waals surface area contributed by atoms with Gasteiger partial charge in [0.25, 0.3) is 0 Å². The number of carbonyl (C=O) groups excluding carboxylic acids is 2. The normalized spacial score (nSPS) is 24.8. The minimum Gasteiger partial charge on any atom is -0.355 e. The molecule has 0 aromatic rings. The van der Waals surface area contributed by atoms with Crippen molar-refractivity contribution in [2.45, 2.75) is 51.5 Å². The summed E-state index contributed by atoms with van der Waals surface area (Å²) < 4.78 is 0. The van der Waals surface area contributed by atoms with Crippen molar-refractivity contribution in [2.75, 3.05) is 39.3 Å². The lowest BCUT2D eigenvalue weighted by Crippen LogP contribution is -2.52. The number of nitrogens with two attached hydrogens (primary N) is 1. The Kier molecular flexibility index (Phi) is 7.30. The summed E-state index contributed by atoms with van der Waals surface area (Å²) in [6, 6.07) is -0.127. The fourth-order valence-corrected chi connectivity index (χ4v) is 3.62. The number of hydrogen-bond donors (Lipinski definition) is 2. The van der Waals surface area contributed by atoms with Crippen LogP contribution in [-0.4, -0.2) is 66.9 Å². The molecule has 0 aromatic carbocycles. The summed E-state index contributed by atoms with van der Waals surface area (Å²) >= 11 is 0. The molecular weight excluding hydrogens is 292 g/mol. The second-order valence-electron chi connectivity index (χ2n) is 6.83. The Balaban J connectivity index is 1.88. The average molecular weight is 324 g/mol. The van der Waals surface area contributed by atoms with E-state index in [1.165, 1.54) is 12.8 Å². The number of amides is 2. The number of carbonyl (C=O) groups is 2. The first-order valence-corrected chi connectivity index (χ1v) is 9.14. The molecule has 0 aromatic heterocycles. The maximum atomic E-state index is 12.8. The van der Waals surface area contributed by atoms with Crippen molar-refractivity contribution >= 4 is 11.8 Å². The van der Waals surface area contributed by atoms with Crippen LogP contribution in [0.25, 0.3) is 0 Å². The van der Waals surface area contributed by atoms with Crippen molar-refractivity contribution in [1.29, 1.82) is 0 Å². The van der Waals surface area contributed by atoms with Crippen molar-refractivity contribution in [3.8, 4) is 0 Å². The van der Waals surface area contributed by atoms with Gasteiger partial charge in [-0.1, -0.05) is 12.8 Å². The summed E-state index contributed by atoms with van der Waals surface area (Å²) in [5, 5.41) is 2.88. The third kappa shape index (κ3) is 5.18. The minimum atomic E-state index is -0.127. The van der Waals surface area contributed by atoms with Crippen molar-refractivity contribution in [3.63, 3.8) is 0 Å². The molecule has 2 fully saturated rings. The van der Waals surface area contributed by atoms with Crippen LogP contribution >= 0.6 is 0 Å². The third-order valence-electron chi connectivity index (χ3n) is 5.09. The van der Waals surface area contributed by atoms with Crippen LogP contribution < -0.4 is 11.1 Å². The van der Waals surface area contributed by atoms with Gasteiger partial charge in [0.05, 0.1) is 12.0 Å². The van der Waals surface area contributed by atoms with Crippen LogP contribution in [0.5, 0.6) is 0 Å². The summed E-state index contributed by atoms with van der Waals surface area (Å²) in [5.74, 6) is 0.291. The first-order valence-electron chi connectivity index (χ1n) is 9.14. The Bertz CT molecular complexity index is 394. The second-order valence-corrected chi connectivity index (χ2v) is 6.83. The molecule has 2 saturated heterocycles. The highest BCUT2D eigenvalue weighted by Gasteiger charge is 2.32. The van der Waals surface area contributed by atoms with E-state index in [0.717, 1.165) is 45.3 Å². The molecule has 2 aliphatic heterocycles. The molecule has 23 heavy (non-hydrogen) atoms. The van der Waals surface area contributed by atoms with Crippen LogP contribution in [0.3, 0.4) is 0 Å². The predicted molar refractivity (Wildman–Crippen MR) is 90.9 cm³/mol. The summed E-state index contributed by atoms with van der Waals surface area (Å²) in [7, 11) is 0. The van der Waals surface area contributed by atoms with Crippen molar-refractivity contribution in [2.24, 2.45) is 11.7 Å². The van der Waals surface area contributed by atoms with Crippen LogP contribution in [0.1, 0.15) is 45.4 Å². The lowest BCUT2D eigenvalue weighted by atomic mass is 9.95. The van der Waals surface area contributed by atoms with E-state index >= 15 is 0 Å². The number of rotatable bonds is 5. The molecule has 0 radical (unpaired) electrons. The van der Waals surface area contributed by atoms with Gasteiger partial charge in [0.1, 0.15) is 0 Å². The molecule has 6 heteroatoms. The molecule has 2 rings (SSSR count). The smallest absolute Gasteiger partial charge is 0.239 e. The molecule has 2 heterocycles. The first-order chi connectivity index (χ1) is 11.1.